The van der Waals surface area contributed by atoms with Gasteiger partial charge in [-0.25, -0.2) is 9.37 Å². The lowest BCUT2D eigenvalue weighted by atomic mass is 10.1. The van der Waals surface area contributed by atoms with E-state index in [1.54, 1.807) is 12.1 Å². The molecule has 2 aromatic rings. The number of halogens is 1. The van der Waals surface area contributed by atoms with Crippen LogP contribution in [-0.2, 0) is 0 Å². The second kappa shape index (κ2) is 3.89. The van der Waals surface area contributed by atoms with Gasteiger partial charge >= 0.3 is 0 Å². The first kappa shape index (κ1) is 9.35. The van der Waals surface area contributed by atoms with Crippen molar-refractivity contribution in [2.24, 2.45) is 0 Å². The van der Waals surface area contributed by atoms with Gasteiger partial charge in [-0.1, -0.05) is 30.3 Å². The van der Waals surface area contributed by atoms with E-state index < -0.39 is 5.82 Å². The number of benzene rings is 1. The van der Waals surface area contributed by atoms with Gasteiger partial charge in [-0.15, -0.1) is 0 Å². The first-order valence-corrected chi connectivity index (χ1v) is 4.43. The van der Waals surface area contributed by atoms with Crippen molar-refractivity contribution in [1.82, 2.24) is 4.98 Å². The van der Waals surface area contributed by atoms with Crippen LogP contribution in [0.5, 0.6) is 0 Å². The van der Waals surface area contributed by atoms with Crippen molar-refractivity contribution in [3.63, 3.8) is 0 Å². The Bertz CT molecular complexity index is 515. The molecule has 0 N–H and O–H groups in total. The highest BCUT2D eigenvalue weighted by Crippen LogP contribution is 2.17. The molecule has 0 aliphatic carbocycles. The van der Waals surface area contributed by atoms with Crippen molar-refractivity contribution in [3.8, 4) is 17.3 Å². The molecule has 0 aliphatic rings. The lowest BCUT2D eigenvalue weighted by Crippen LogP contribution is -1.91. The van der Waals surface area contributed by atoms with Crippen molar-refractivity contribution in [2.75, 3.05) is 0 Å². The van der Waals surface area contributed by atoms with Gasteiger partial charge in [0, 0.05) is 5.56 Å². The van der Waals surface area contributed by atoms with Gasteiger partial charge < -0.3 is 0 Å². The van der Waals surface area contributed by atoms with Gasteiger partial charge in [0.1, 0.15) is 6.07 Å². The third-order valence-electron chi connectivity index (χ3n) is 2.02. The summed E-state index contributed by atoms with van der Waals surface area (Å²) in [5.74, 6) is -0.586. The summed E-state index contributed by atoms with van der Waals surface area (Å²) in [4.78, 5) is 3.92. The molecule has 0 unspecified atom stereocenters. The number of pyridine rings is 1. The van der Waals surface area contributed by atoms with E-state index in [4.69, 9.17) is 5.26 Å². The molecule has 3 heteroatoms. The van der Waals surface area contributed by atoms with Crippen LogP contribution in [0, 0.1) is 17.1 Å². The average molecular weight is 198 g/mol. The standard InChI is InChI=1S/C12H7FN2/c13-10-6-7-11(15-12(10)8-14)9-4-2-1-3-5-9/h1-7H. The predicted octanol–water partition coefficient (Wildman–Crippen LogP) is 2.76. The summed E-state index contributed by atoms with van der Waals surface area (Å²) in [6, 6.07) is 13.9. The minimum absolute atomic E-state index is 0.170. The number of rotatable bonds is 1. The topological polar surface area (TPSA) is 36.7 Å². The highest BCUT2D eigenvalue weighted by atomic mass is 19.1. The molecule has 0 saturated heterocycles. The molecule has 72 valence electrons. The molecule has 0 radical (unpaired) electrons. The minimum Gasteiger partial charge on any atom is -0.234 e. The summed E-state index contributed by atoms with van der Waals surface area (Å²) in [6.07, 6.45) is 0. The highest BCUT2D eigenvalue weighted by Gasteiger charge is 2.05. The Labute approximate surface area is 86.6 Å². The van der Waals surface area contributed by atoms with E-state index in [1.165, 1.54) is 6.07 Å². The summed E-state index contributed by atoms with van der Waals surface area (Å²) in [5, 5.41) is 8.64. The van der Waals surface area contributed by atoms with Crippen LogP contribution in [0.2, 0.25) is 0 Å². The Hall–Kier alpha value is -2.21. The maximum atomic E-state index is 13.0. The van der Waals surface area contributed by atoms with Crippen molar-refractivity contribution in [3.05, 3.63) is 54.0 Å². The summed E-state index contributed by atoms with van der Waals surface area (Å²) in [5.41, 5.74) is 1.30. The fraction of sp³-hybridized carbons (Fsp3) is 0. The monoisotopic (exact) mass is 198 g/mol. The summed E-state index contributed by atoms with van der Waals surface area (Å²) in [6.45, 7) is 0. The number of aromatic nitrogens is 1. The quantitative estimate of drug-likeness (QED) is 0.706. The van der Waals surface area contributed by atoms with Crippen molar-refractivity contribution < 1.29 is 4.39 Å². The van der Waals surface area contributed by atoms with Gasteiger partial charge in [0.2, 0.25) is 0 Å². The van der Waals surface area contributed by atoms with Crippen LogP contribution in [0.4, 0.5) is 4.39 Å². The highest BCUT2D eigenvalue weighted by molar-refractivity contribution is 5.59. The number of hydrogen-bond acceptors (Lipinski definition) is 2. The zero-order valence-corrected chi connectivity index (χ0v) is 7.81. The minimum atomic E-state index is -0.586. The third kappa shape index (κ3) is 1.84. The summed E-state index contributed by atoms with van der Waals surface area (Å²) >= 11 is 0. The Morgan fingerprint density at radius 2 is 1.80 bits per heavy atom. The van der Waals surface area contributed by atoms with Crippen LogP contribution >= 0.6 is 0 Å². The Kier molecular flexibility index (Phi) is 2.42. The molecule has 0 atom stereocenters. The molecule has 15 heavy (non-hydrogen) atoms. The SMILES string of the molecule is N#Cc1nc(-c2ccccc2)ccc1F. The molecule has 0 saturated carbocycles. The third-order valence-corrected chi connectivity index (χ3v) is 2.02. The molecule has 0 fully saturated rings. The van der Waals surface area contributed by atoms with E-state index in [1.807, 2.05) is 30.3 Å². The van der Waals surface area contributed by atoms with Gasteiger partial charge in [-0.3, -0.25) is 0 Å². The van der Waals surface area contributed by atoms with E-state index in [0.29, 0.717) is 5.69 Å². The molecule has 0 spiro atoms. The maximum Gasteiger partial charge on any atom is 0.176 e. The van der Waals surface area contributed by atoms with Crippen molar-refractivity contribution in [2.45, 2.75) is 0 Å². The smallest absolute Gasteiger partial charge is 0.176 e. The Morgan fingerprint density at radius 1 is 1.07 bits per heavy atom. The zero-order valence-electron chi connectivity index (χ0n) is 7.81. The van der Waals surface area contributed by atoms with Crippen LogP contribution in [-0.4, -0.2) is 4.98 Å². The number of hydrogen-bond donors (Lipinski definition) is 0. The van der Waals surface area contributed by atoms with E-state index in [2.05, 4.69) is 4.98 Å². The van der Waals surface area contributed by atoms with E-state index in [0.717, 1.165) is 5.56 Å². The fourth-order valence-corrected chi connectivity index (χ4v) is 1.29. The van der Waals surface area contributed by atoms with Crippen LogP contribution in [0.3, 0.4) is 0 Å². The van der Waals surface area contributed by atoms with Gasteiger partial charge in [0.15, 0.2) is 11.5 Å². The average Bonchev–Trinajstić information content (AvgIpc) is 2.31. The van der Waals surface area contributed by atoms with Crippen molar-refractivity contribution >= 4 is 0 Å². The van der Waals surface area contributed by atoms with Crippen LogP contribution in [0.25, 0.3) is 11.3 Å². The van der Waals surface area contributed by atoms with E-state index in [-0.39, 0.29) is 5.69 Å². The Balaban J connectivity index is 2.52. The summed E-state index contributed by atoms with van der Waals surface area (Å²) < 4.78 is 13.0. The first-order chi connectivity index (χ1) is 7.31. The molecule has 2 rings (SSSR count). The van der Waals surface area contributed by atoms with Crippen molar-refractivity contribution in [1.29, 1.82) is 5.26 Å². The zero-order chi connectivity index (χ0) is 10.7. The molecule has 1 aromatic heterocycles. The van der Waals surface area contributed by atoms with Gasteiger partial charge in [0.05, 0.1) is 5.69 Å². The molecule has 0 bridgehead atoms. The lowest BCUT2D eigenvalue weighted by molar-refractivity contribution is 0.617. The largest absolute Gasteiger partial charge is 0.234 e. The number of nitrogens with zero attached hydrogens (tertiary/aromatic N) is 2. The van der Waals surface area contributed by atoms with Gasteiger partial charge in [0.25, 0.3) is 0 Å². The predicted molar refractivity (Wildman–Crippen MR) is 54.3 cm³/mol. The molecular formula is C12H7FN2. The maximum absolute atomic E-state index is 13.0. The van der Waals surface area contributed by atoms with Gasteiger partial charge in [-0.2, -0.15) is 5.26 Å². The molecule has 1 heterocycles. The lowest BCUT2D eigenvalue weighted by Gasteiger charge is -2.00. The molecule has 0 amide bonds. The number of nitriles is 1. The molecule has 0 aliphatic heterocycles. The molecule has 1 aromatic carbocycles. The normalized spacial score (nSPS) is 9.60. The first-order valence-electron chi connectivity index (χ1n) is 4.43. The Morgan fingerprint density at radius 3 is 2.47 bits per heavy atom. The van der Waals surface area contributed by atoms with E-state index >= 15 is 0 Å². The van der Waals surface area contributed by atoms with Crippen LogP contribution in [0.1, 0.15) is 5.69 Å². The fourth-order valence-electron chi connectivity index (χ4n) is 1.29. The second-order valence-electron chi connectivity index (χ2n) is 3.00. The van der Waals surface area contributed by atoms with Crippen LogP contribution < -0.4 is 0 Å². The van der Waals surface area contributed by atoms with E-state index in [9.17, 15) is 4.39 Å². The molecule has 2 nitrogen and oxygen atoms in total. The molecular weight excluding hydrogens is 191 g/mol. The second-order valence-corrected chi connectivity index (χ2v) is 3.00. The summed E-state index contributed by atoms with van der Waals surface area (Å²) in [7, 11) is 0. The van der Waals surface area contributed by atoms with Gasteiger partial charge in [-0.05, 0) is 12.1 Å². The van der Waals surface area contributed by atoms with Crippen LogP contribution in [0.15, 0.2) is 42.5 Å².